The van der Waals surface area contributed by atoms with Crippen molar-refractivity contribution in [3.63, 3.8) is 0 Å². The van der Waals surface area contributed by atoms with Crippen LogP contribution in [0.1, 0.15) is 16.7 Å². The van der Waals surface area contributed by atoms with E-state index in [0.717, 1.165) is 11.1 Å². The molecule has 1 rings (SSSR count). The molecular formula is C11H12O3. The number of aliphatic hydroxyl groups excluding tert-OH is 1. The highest BCUT2D eigenvalue weighted by Crippen LogP contribution is 2.11. The lowest BCUT2D eigenvalue weighted by Gasteiger charge is -2.00. The van der Waals surface area contributed by atoms with Gasteiger partial charge in [-0.25, -0.2) is 4.79 Å². The summed E-state index contributed by atoms with van der Waals surface area (Å²) in [5.74, 6) is -1.96. The SMILES string of the molecule is Cc1cc(C)cc(/C=C(/O)C(=O)O)c1. The first-order chi connectivity index (χ1) is 6.49. The first-order valence-corrected chi connectivity index (χ1v) is 4.21. The zero-order valence-electron chi connectivity index (χ0n) is 8.11. The predicted octanol–water partition coefficient (Wildman–Crippen LogP) is 2.29. The number of aliphatic carboxylic acids is 1. The lowest BCUT2D eigenvalue weighted by molar-refractivity contribution is -0.135. The smallest absolute Gasteiger partial charge is 0.370 e. The minimum absolute atomic E-state index is 0.644. The Morgan fingerprint density at radius 1 is 1.14 bits per heavy atom. The molecule has 0 fully saturated rings. The fraction of sp³-hybridized carbons (Fsp3) is 0.182. The monoisotopic (exact) mass is 192 g/mol. The van der Waals surface area contributed by atoms with Crippen LogP contribution in [0.5, 0.6) is 0 Å². The molecule has 0 saturated carbocycles. The molecule has 0 aromatic heterocycles. The molecule has 0 aliphatic heterocycles. The number of aliphatic hydroxyl groups is 1. The van der Waals surface area contributed by atoms with Gasteiger partial charge in [-0.1, -0.05) is 29.3 Å². The average Bonchev–Trinajstić information content (AvgIpc) is 2.01. The number of hydrogen-bond donors (Lipinski definition) is 2. The summed E-state index contributed by atoms with van der Waals surface area (Å²) in [6, 6.07) is 5.60. The minimum Gasteiger partial charge on any atom is -0.502 e. The normalized spacial score (nSPS) is 11.4. The maximum absolute atomic E-state index is 10.4. The molecule has 3 nitrogen and oxygen atoms in total. The van der Waals surface area contributed by atoms with Crippen LogP contribution in [-0.2, 0) is 4.79 Å². The topological polar surface area (TPSA) is 57.5 Å². The number of rotatable bonds is 2. The first-order valence-electron chi connectivity index (χ1n) is 4.21. The molecule has 1 aromatic carbocycles. The lowest BCUT2D eigenvalue weighted by Crippen LogP contribution is -1.98. The van der Waals surface area contributed by atoms with Gasteiger partial charge in [-0.2, -0.15) is 0 Å². The second-order valence-corrected chi connectivity index (χ2v) is 3.26. The van der Waals surface area contributed by atoms with Crippen molar-refractivity contribution < 1.29 is 15.0 Å². The fourth-order valence-corrected chi connectivity index (χ4v) is 1.31. The summed E-state index contributed by atoms with van der Waals surface area (Å²) >= 11 is 0. The molecule has 2 N–H and O–H groups in total. The maximum Gasteiger partial charge on any atom is 0.370 e. The van der Waals surface area contributed by atoms with Crippen LogP contribution in [0.15, 0.2) is 24.0 Å². The third kappa shape index (κ3) is 2.62. The Bertz CT molecular complexity index is 371. The molecule has 74 valence electrons. The van der Waals surface area contributed by atoms with Gasteiger partial charge in [0.15, 0.2) is 0 Å². The van der Waals surface area contributed by atoms with E-state index >= 15 is 0 Å². The molecule has 0 aliphatic rings. The summed E-state index contributed by atoms with van der Waals surface area (Å²) < 4.78 is 0. The second kappa shape index (κ2) is 3.96. The van der Waals surface area contributed by atoms with Gasteiger partial charge < -0.3 is 10.2 Å². The van der Waals surface area contributed by atoms with Gasteiger partial charge in [0.05, 0.1) is 0 Å². The van der Waals surface area contributed by atoms with E-state index in [1.165, 1.54) is 6.08 Å². The zero-order chi connectivity index (χ0) is 10.7. The molecule has 0 aliphatic carbocycles. The maximum atomic E-state index is 10.4. The van der Waals surface area contributed by atoms with E-state index in [9.17, 15) is 4.79 Å². The van der Waals surface area contributed by atoms with Crippen LogP contribution in [0.25, 0.3) is 6.08 Å². The number of aryl methyl sites for hydroxylation is 2. The number of carboxylic acid groups (broad SMARTS) is 1. The van der Waals surface area contributed by atoms with Crippen molar-refractivity contribution in [1.82, 2.24) is 0 Å². The summed E-state index contributed by atoms with van der Waals surface area (Å²) in [6.07, 6.45) is 1.24. The van der Waals surface area contributed by atoms with Gasteiger partial charge in [0.2, 0.25) is 5.76 Å². The van der Waals surface area contributed by atoms with Gasteiger partial charge in [-0.05, 0) is 25.5 Å². The quantitative estimate of drug-likeness (QED) is 0.558. The van der Waals surface area contributed by atoms with Crippen molar-refractivity contribution in [2.24, 2.45) is 0 Å². The van der Waals surface area contributed by atoms with Crippen LogP contribution in [-0.4, -0.2) is 16.2 Å². The van der Waals surface area contributed by atoms with Crippen LogP contribution in [0.4, 0.5) is 0 Å². The molecule has 0 amide bonds. The van der Waals surface area contributed by atoms with E-state index in [1.54, 1.807) is 0 Å². The Labute approximate surface area is 82.3 Å². The van der Waals surface area contributed by atoms with Crippen molar-refractivity contribution in [3.05, 3.63) is 40.6 Å². The first kappa shape index (κ1) is 10.3. The van der Waals surface area contributed by atoms with Gasteiger partial charge >= 0.3 is 5.97 Å². The van der Waals surface area contributed by atoms with E-state index in [4.69, 9.17) is 10.2 Å². The highest BCUT2D eigenvalue weighted by Gasteiger charge is 2.03. The summed E-state index contributed by atoms with van der Waals surface area (Å²) in [5, 5.41) is 17.5. The summed E-state index contributed by atoms with van der Waals surface area (Å²) in [7, 11) is 0. The predicted molar refractivity (Wildman–Crippen MR) is 54.2 cm³/mol. The third-order valence-electron chi connectivity index (χ3n) is 1.77. The molecule has 0 radical (unpaired) electrons. The van der Waals surface area contributed by atoms with Gasteiger partial charge in [0, 0.05) is 0 Å². The number of benzene rings is 1. The molecule has 0 saturated heterocycles. The third-order valence-corrected chi connectivity index (χ3v) is 1.77. The van der Waals surface area contributed by atoms with E-state index in [2.05, 4.69) is 0 Å². The Balaban J connectivity index is 3.08. The number of carbonyl (C=O) groups is 1. The van der Waals surface area contributed by atoms with Crippen molar-refractivity contribution in [2.45, 2.75) is 13.8 Å². The minimum atomic E-state index is -1.32. The van der Waals surface area contributed by atoms with Crippen LogP contribution >= 0.6 is 0 Å². The Kier molecular flexibility index (Phi) is 2.92. The van der Waals surface area contributed by atoms with E-state index in [0.29, 0.717) is 5.56 Å². The number of hydrogen-bond acceptors (Lipinski definition) is 2. The van der Waals surface area contributed by atoms with Gasteiger partial charge in [-0.3, -0.25) is 0 Å². The van der Waals surface area contributed by atoms with Crippen LogP contribution in [0.2, 0.25) is 0 Å². The van der Waals surface area contributed by atoms with Crippen LogP contribution < -0.4 is 0 Å². The van der Waals surface area contributed by atoms with Gasteiger partial charge in [0.1, 0.15) is 0 Å². The van der Waals surface area contributed by atoms with Crippen molar-refractivity contribution in [2.75, 3.05) is 0 Å². The summed E-state index contributed by atoms with van der Waals surface area (Å²) in [5.41, 5.74) is 2.77. The van der Waals surface area contributed by atoms with Crippen LogP contribution in [0.3, 0.4) is 0 Å². The van der Waals surface area contributed by atoms with Crippen molar-refractivity contribution in [1.29, 1.82) is 0 Å². The molecule has 1 aromatic rings. The molecule has 14 heavy (non-hydrogen) atoms. The van der Waals surface area contributed by atoms with E-state index < -0.39 is 11.7 Å². The summed E-state index contributed by atoms with van der Waals surface area (Å²) in [6.45, 7) is 3.84. The molecule has 0 spiro atoms. The van der Waals surface area contributed by atoms with Crippen LogP contribution in [0, 0.1) is 13.8 Å². The average molecular weight is 192 g/mol. The summed E-state index contributed by atoms with van der Waals surface area (Å²) in [4.78, 5) is 10.4. The standard InChI is InChI=1S/C11H12O3/c1-7-3-8(2)5-9(4-7)6-10(12)11(13)14/h3-6,12H,1-2H3,(H,13,14)/b10-6+. The number of carboxylic acids is 1. The Morgan fingerprint density at radius 3 is 2.07 bits per heavy atom. The molecule has 0 bridgehead atoms. The zero-order valence-corrected chi connectivity index (χ0v) is 8.11. The Morgan fingerprint density at radius 2 is 1.64 bits per heavy atom. The molecular weight excluding hydrogens is 180 g/mol. The van der Waals surface area contributed by atoms with Gasteiger partial charge in [-0.15, -0.1) is 0 Å². The highest BCUT2D eigenvalue weighted by molar-refractivity contribution is 5.89. The second-order valence-electron chi connectivity index (χ2n) is 3.26. The van der Waals surface area contributed by atoms with E-state index in [1.807, 2.05) is 32.0 Å². The van der Waals surface area contributed by atoms with Crippen molar-refractivity contribution >= 4 is 12.0 Å². The van der Waals surface area contributed by atoms with E-state index in [-0.39, 0.29) is 0 Å². The molecule has 0 heterocycles. The highest BCUT2D eigenvalue weighted by atomic mass is 16.4. The van der Waals surface area contributed by atoms with Crippen molar-refractivity contribution in [3.8, 4) is 0 Å². The fourth-order valence-electron chi connectivity index (χ4n) is 1.31. The molecule has 3 heteroatoms. The lowest BCUT2D eigenvalue weighted by atomic mass is 10.1. The largest absolute Gasteiger partial charge is 0.502 e. The Hall–Kier alpha value is -1.77. The molecule has 0 unspecified atom stereocenters. The molecule has 0 atom stereocenters. The van der Waals surface area contributed by atoms with Gasteiger partial charge in [0.25, 0.3) is 0 Å².